The maximum absolute atomic E-state index is 5.08. The van der Waals surface area contributed by atoms with E-state index in [1.54, 1.807) is 11.3 Å². The first-order valence-electron chi connectivity index (χ1n) is 18.6. The van der Waals surface area contributed by atoms with Crippen LogP contribution in [0.15, 0.2) is 194 Å². The minimum atomic E-state index is 0.730. The van der Waals surface area contributed by atoms with Crippen molar-refractivity contribution in [3.63, 3.8) is 0 Å². The molecular formula is C52H32N2S. The third kappa shape index (κ3) is 5.56. The summed E-state index contributed by atoms with van der Waals surface area (Å²) in [5.74, 6) is 0.730. The number of thiophene rings is 1. The molecule has 55 heavy (non-hydrogen) atoms. The number of fused-ring (bicyclic) bond motifs is 6. The summed E-state index contributed by atoms with van der Waals surface area (Å²) in [5.41, 5.74) is 8.79. The highest BCUT2D eigenvalue weighted by Crippen LogP contribution is 2.41. The molecule has 256 valence electrons. The Kier molecular flexibility index (Phi) is 7.39. The van der Waals surface area contributed by atoms with E-state index in [2.05, 4.69) is 176 Å². The summed E-state index contributed by atoms with van der Waals surface area (Å²) in [6, 6.07) is 70.0. The zero-order chi connectivity index (χ0) is 36.3. The van der Waals surface area contributed by atoms with Gasteiger partial charge in [-0.1, -0.05) is 158 Å². The molecule has 0 atom stereocenters. The first kappa shape index (κ1) is 31.6. The van der Waals surface area contributed by atoms with Crippen LogP contribution in [-0.4, -0.2) is 9.97 Å². The lowest BCUT2D eigenvalue weighted by molar-refractivity contribution is 1.19. The molecule has 0 aliphatic carbocycles. The van der Waals surface area contributed by atoms with E-state index in [1.165, 1.54) is 75.4 Å². The molecule has 11 rings (SSSR count). The van der Waals surface area contributed by atoms with Gasteiger partial charge in [0.15, 0.2) is 5.82 Å². The molecular weight excluding hydrogens is 685 g/mol. The van der Waals surface area contributed by atoms with E-state index in [0.29, 0.717) is 0 Å². The van der Waals surface area contributed by atoms with Gasteiger partial charge in [-0.15, -0.1) is 11.3 Å². The molecule has 0 fully saturated rings. The van der Waals surface area contributed by atoms with Gasteiger partial charge in [-0.25, -0.2) is 9.97 Å². The van der Waals surface area contributed by atoms with Crippen molar-refractivity contribution in [1.29, 1.82) is 0 Å². The molecule has 0 spiro atoms. The lowest BCUT2D eigenvalue weighted by atomic mass is 9.89. The molecule has 0 N–H and O–H groups in total. The van der Waals surface area contributed by atoms with Crippen LogP contribution in [0, 0.1) is 0 Å². The van der Waals surface area contributed by atoms with Gasteiger partial charge in [0.25, 0.3) is 0 Å². The Bertz CT molecular complexity index is 3220. The predicted octanol–water partition coefficient (Wildman–Crippen LogP) is 14.6. The molecule has 2 aromatic heterocycles. The molecule has 0 aliphatic heterocycles. The lowest BCUT2D eigenvalue weighted by Crippen LogP contribution is -1.95. The second kappa shape index (κ2) is 12.9. The Morgan fingerprint density at radius 2 is 0.927 bits per heavy atom. The molecule has 2 nitrogen and oxygen atoms in total. The number of hydrogen-bond acceptors (Lipinski definition) is 3. The molecule has 0 saturated heterocycles. The SMILES string of the molecule is c1ccc(-c2nc(-c3ccc(-c4ccc5cc(-c6c7ccccc7cc7c6ccc6ccccc67)ccc5c4)cc3)cc(-c3cc4ccccc4s3)n2)cc1. The van der Waals surface area contributed by atoms with Crippen molar-refractivity contribution in [2.24, 2.45) is 0 Å². The largest absolute Gasteiger partial charge is 0.228 e. The number of rotatable bonds is 5. The van der Waals surface area contributed by atoms with Crippen molar-refractivity contribution in [1.82, 2.24) is 9.97 Å². The van der Waals surface area contributed by atoms with E-state index < -0.39 is 0 Å². The van der Waals surface area contributed by atoms with Crippen molar-refractivity contribution in [3.05, 3.63) is 194 Å². The fraction of sp³-hybridized carbons (Fsp3) is 0. The van der Waals surface area contributed by atoms with Gasteiger partial charge in [0, 0.05) is 15.8 Å². The maximum Gasteiger partial charge on any atom is 0.160 e. The van der Waals surface area contributed by atoms with E-state index in [4.69, 9.17) is 9.97 Å². The molecule has 0 bridgehead atoms. The predicted molar refractivity (Wildman–Crippen MR) is 235 cm³/mol. The van der Waals surface area contributed by atoms with Crippen LogP contribution < -0.4 is 0 Å². The van der Waals surface area contributed by atoms with Crippen LogP contribution in [-0.2, 0) is 0 Å². The summed E-state index contributed by atoms with van der Waals surface area (Å²) < 4.78 is 1.26. The van der Waals surface area contributed by atoms with Crippen molar-refractivity contribution in [2.75, 3.05) is 0 Å². The topological polar surface area (TPSA) is 25.8 Å². The lowest BCUT2D eigenvalue weighted by Gasteiger charge is -2.15. The van der Waals surface area contributed by atoms with Crippen LogP contribution in [0.3, 0.4) is 0 Å². The number of nitrogens with zero attached hydrogens (tertiary/aromatic N) is 2. The average Bonchev–Trinajstić information content (AvgIpc) is 3.70. The summed E-state index contributed by atoms with van der Waals surface area (Å²) in [5, 5.41) is 11.3. The van der Waals surface area contributed by atoms with Crippen LogP contribution in [0.2, 0.25) is 0 Å². The highest BCUT2D eigenvalue weighted by atomic mass is 32.1. The molecule has 2 heterocycles. The molecule has 9 aromatic carbocycles. The van der Waals surface area contributed by atoms with E-state index in [1.807, 2.05) is 18.2 Å². The van der Waals surface area contributed by atoms with E-state index in [0.717, 1.165) is 33.2 Å². The fourth-order valence-electron chi connectivity index (χ4n) is 8.09. The fourth-order valence-corrected chi connectivity index (χ4v) is 9.11. The molecule has 0 radical (unpaired) electrons. The number of benzene rings is 9. The van der Waals surface area contributed by atoms with Crippen molar-refractivity contribution >= 4 is 64.5 Å². The van der Waals surface area contributed by atoms with E-state index in [9.17, 15) is 0 Å². The Labute approximate surface area is 322 Å². The highest BCUT2D eigenvalue weighted by molar-refractivity contribution is 7.22. The van der Waals surface area contributed by atoms with Gasteiger partial charge in [-0.3, -0.25) is 0 Å². The zero-order valence-corrected chi connectivity index (χ0v) is 30.6. The summed E-state index contributed by atoms with van der Waals surface area (Å²) in [6.07, 6.45) is 0. The first-order valence-corrected chi connectivity index (χ1v) is 19.5. The van der Waals surface area contributed by atoms with Crippen molar-refractivity contribution < 1.29 is 0 Å². The molecule has 3 heteroatoms. The van der Waals surface area contributed by atoms with Gasteiger partial charge >= 0.3 is 0 Å². The van der Waals surface area contributed by atoms with Crippen LogP contribution in [0.5, 0.6) is 0 Å². The second-order valence-electron chi connectivity index (χ2n) is 14.2. The second-order valence-corrected chi connectivity index (χ2v) is 15.3. The normalized spacial score (nSPS) is 11.6. The Morgan fingerprint density at radius 3 is 1.75 bits per heavy atom. The minimum absolute atomic E-state index is 0.730. The third-order valence-corrected chi connectivity index (χ3v) is 12.0. The number of hydrogen-bond donors (Lipinski definition) is 0. The van der Waals surface area contributed by atoms with Crippen LogP contribution in [0.4, 0.5) is 0 Å². The highest BCUT2D eigenvalue weighted by Gasteiger charge is 2.15. The summed E-state index contributed by atoms with van der Waals surface area (Å²) >= 11 is 1.77. The summed E-state index contributed by atoms with van der Waals surface area (Å²) in [7, 11) is 0. The molecule has 0 saturated carbocycles. The van der Waals surface area contributed by atoms with E-state index in [-0.39, 0.29) is 0 Å². The molecule has 0 aliphatic rings. The van der Waals surface area contributed by atoms with Gasteiger partial charge in [-0.2, -0.15) is 0 Å². The van der Waals surface area contributed by atoms with Crippen LogP contribution in [0.1, 0.15) is 0 Å². The summed E-state index contributed by atoms with van der Waals surface area (Å²) in [6.45, 7) is 0. The monoisotopic (exact) mass is 716 g/mol. The van der Waals surface area contributed by atoms with Crippen LogP contribution >= 0.6 is 11.3 Å². The Balaban J connectivity index is 0.962. The molecule has 0 amide bonds. The smallest absolute Gasteiger partial charge is 0.160 e. The van der Waals surface area contributed by atoms with Gasteiger partial charge in [0.1, 0.15) is 0 Å². The van der Waals surface area contributed by atoms with Gasteiger partial charge in [-0.05, 0) is 107 Å². The molecule has 0 unspecified atom stereocenters. The standard InChI is InChI=1S/C52H32N2S/c1-2-11-36(12-3-1)52-53-47(32-48(54-52)50-31-41-14-6-9-17-49(41)55-50)35-20-18-33(19-21-35)37-22-23-39-29-42(25-24-38(39)28-37)51-44-16-8-5-13-40(44)30-46-43-15-7-4-10-34(43)26-27-45(46)51/h1-32H. The minimum Gasteiger partial charge on any atom is -0.228 e. The van der Waals surface area contributed by atoms with Gasteiger partial charge in [0.05, 0.1) is 16.3 Å². The van der Waals surface area contributed by atoms with E-state index >= 15 is 0 Å². The Hall–Kier alpha value is -6.94. The van der Waals surface area contributed by atoms with Gasteiger partial charge in [0.2, 0.25) is 0 Å². The summed E-state index contributed by atoms with van der Waals surface area (Å²) in [4.78, 5) is 11.3. The maximum atomic E-state index is 5.08. The average molecular weight is 717 g/mol. The Morgan fingerprint density at radius 1 is 0.309 bits per heavy atom. The van der Waals surface area contributed by atoms with Crippen molar-refractivity contribution in [2.45, 2.75) is 0 Å². The zero-order valence-electron chi connectivity index (χ0n) is 29.8. The molecule has 11 aromatic rings. The first-order chi connectivity index (χ1) is 27.2. The number of aromatic nitrogens is 2. The quantitative estimate of drug-likeness (QED) is 0.131. The van der Waals surface area contributed by atoms with Gasteiger partial charge < -0.3 is 0 Å². The van der Waals surface area contributed by atoms with Crippen LogP contribution in [0.25, 0.3) is 109 Å². The van der Waals surface area contributed by atoms with Crippen molar-refractivity contribution in [3.8, 4) is 55.5 Å². The third-order valence-electron chi connectivity index (χ3n) is 10.8.